The highest BCUT2D eigenvalue weighted by molar-refractivity contribution is 7.81. The zero-order valence-corrected chi connectivity index (χ0v) is 7.08. The highest BCUT2D eigenvalue weighted by Crippen LogP contribution is 2.14. The van der Waals surface area contributed by atoms with Gasteiger partial charge in [0, 0.05) is 0 Å². The van der Waals surface area contributed by atoms with Crippen molar-refractivity contribution in [1.29, 1.82) is 5.26 Å². The smallest absolute Gasteiger partial charge is 0.358 e. The average molecular weight is 201 g/mol. The summed E-state index contributed by atoms with van der Waals surface area (Å²) in [5.41, 5.74) is 0.196. The zero-order chi connectivity index (χ0) is 9.90. The van der Waals surface area contributed by atoms with E-state index in [9.17, 15) is 12.3 Å². The molecular weight excluding hydrogens is 197 g/mol. The lowest BCUT2D eigenvalue weighted by atomic mass is 10.2. The van der Waals surface area contributed by atoms with Crippen LogP contribution in [0, 0.1) is 11.3 Å². The highest BCUT2D eigenvalue weighted by atomic mass is 32.3. The summed E-state index contributed by atoms with van der Waals surface area (Å²) in [5, 5.41) is 8.41. The Labute approximate surface area is 74.6 Å². The lowest BCUT2D eigenvalue weighted by Crippen LogP contribution is -2.00. The van der Waals surface area contributed by atoms with Crippen molar-refractivity contribution in [3.63, 3.8) is 0 Å². The summed E-state index contributed by atoms with van der Waals surface area (Å²) in [6.07, 6.45) is 0. The lowest BCUT2D eigenvalue weighted by molar-refractivity contribution is 0.440. The van der Waals surface area contributed by atoms with Crippen LogP contribution >= 0.6 is 0 Å². The second-order valence-corrected chi connectivity index (χ2v) is 3.07. The van der Waals surface area contributed by atoms with E-state index in [0.29, 0.717) is 0 Å². The largest absolute Gasteiger partial charge is 0.488 e. The summed E-state index contributed by atoms with van der Waals surface area (Å²) >= 11 is 0. The summed E-state index contributed by atoms with van der Waals surface area (Å²) in [4.78, 5) is 0. The van der Waals surface area contributed by atoms with Gasteiger partial charge in [0.1, 0.15) is 5.75 Å². The van der Waals surface area contributed by atoms with Crippen LogP contribution < -0.4 is 4.18 Å². The molecule has 68 valence electrons. The normalized spacial score (nSPS) is 10.5. The second-order valence-electron chi connectivity index (χ2n) is 2.12. The minimum absolute atomic E-state index is 0.196. The van der Waals surface area contributed by atoms with Gasteiger partial charge >= 0.3 is 10.5 Å². The van der Waals surface area contributed by atoms with E-state index in [1.54, 1.807) is 6.07 Å². The third-order valence-corrected chi connectivity index (χ3v) is 1.55. The molecule has 0 radical (unpaired) electrons. The summed E-state index contributed by atoms with van der Waals surface area (Å²) in [7, 11) is -5.01. The number of hydrogen-bond donors (Lipinski definition) is 0. The number of nitrogens with zero attached hydrogens (tertiary/aromatic N) is 1. The Kier molecular flexibility index (Phi) is 2.49. The van der Waals surface area contributed by atoms with Gasteiger partial charge in [-0.15, -0.1) is 0 Å². The fraction of sp³-hybridized carbons (Fsp3) is 0. The third kappa shape index (κ3) is 3.09. The van der Waals surface area contributed by atoms with Gasteiger partial charge in [0.2, 0.25) is 0 Å². The van der Waals surface area contributed by atoms with Crippen LogP contribution in [0.2, 0.25) is 0 Å². The fourth-order valence-electron chi connectivity index (χ4n) is 0.732. The van der Waals surface area contributed by atoms with E-state index in [0.717, 1.165) is 6.07 Å². The van der Waals surface area contributed by atoms with Gasteiger partial charge < -0.3 is 4.18 Å². The number of hydrogen-bond acceptors (Lipinski definition) is 4. The first-order chi connectivity index (χ1) is 6.01. The van der Waals surface area contributed by atoms with E-state index >= 15 is 0 Å². The first-order valence-corrected chi connectivity index (χ1v) is 4.46. The molecule has 0 spiro atoms. The predicted octanol–water partition coefficient (Wildman–Crippen LogP) is 1.15. The van der Waals surface area contributed by atoms with Gasteiger partial charge in [0.25, 0.3) is 0 Å². The summed E-state index contributed by atoms with van der Waals surface area (Å²) in [6.45, 7) is 0. The van der Waals surface area contributed by atoms with Crippen molar-refractivity contribution in [1.82, 2.24) is 0 Å². The molecule has 4 nitrogen and oxygen atoms in total. The fourth-order valence-corrected chi connectivity index (χ4v) is 1.07. The Hall–Kier alpha value is -1.61. The molecule has 0 unspecified atom stereocenters. The molecule has 0 N–H and O–H groups in total. The van der Waals surface area contributed by atoms with Gasteiger partial charge in [-0.2, -0.15) is 13.7 Å². The Morgan fingerprint density at radius 2 is 2.15 bits per heavy atom. The van der Waals surface area contributed by atoms with Crippen LogP contribution in [-0.2, 0) is 10.5 Å². The molecule has 0 bridgehead atoms. The van der Waals surface area contributed by atoms with Crippen LogP contribution in [0.15, 0.2) is 24.3 Å². The van der Waals surface area contributed by atoms with Gasteiger partial charge in [-0.3, -0.25) is 0 Å². The Morgan fingerprint density at radius 1 is 1.46 bits per heavy atom. The van der Waals surface area contributed by atoms with E-state index in [1.807, 2.05) is 0 Å². The van der Waals surface area contributed by atoms with Crippen molar-refractivity contribution >= 4 is 10.5 Å². The van der Waals surface area contributed by atoms with Gasteiger partial charge in [0.05, 0.1) is 11.6 Å². The molecule has 1 aromatic carbocycles. The number of rotatable bonds is 2. The molecule has 0 saturated carbocycles. The first-order valence-electron chi connectivity index (χ1n) is 3.15. The maximum Gasteiger partial charge on any atom is 0.488 e. The highest BCUT2D eigenvalue weighted by Gasteiger charge is 2.09. The van der Waals surface area contributed by atoms with Crippen LogP contribution in [0.25, 0.3) is 0 Å². The van der Waals surface area contributed by atoms with Crippen molar-refractivity contribution in [3.05, 3.63) is 29.8 Å². The number of halogens is 1. The zero-order valence-electron chi connectivity index (χ0n) is 6.27. The third-order valence-electron chi connectivity index (χ3n) is 1.16. The maximum atomic E-state index is 12.0. The molecule has 0 aromatic heterocycles. The van der Waals surface area contributed by atoms with E-state index < -0.39 is 10.5 Å². The van der Waals surface area contributed by atoms with Crippen LogP contribution in [0.3, 0.4) is 0 Å². The quantitative estimate of drug-likeness (QED) is 0.673. The van der Waals surface area contributed by atoms with E-state index in [4.69, 9.17) is 5.26 Å². The van der Waals surface area contributed by atoms with E-state index in [2.05, 4.69) is 4.18 Å². The molecule has 1 aromatic rings. The van der Waals surface area contributed by atoms with Crippen LogP contribution in [-0.4, -0.2) is 8.42 Å². The van der Waals surface area contributed by atoms with E-state index in [-0.39, 0.29) is 11.3 Å². The minimum Gasteiger partial charge on any atom is -0.358 e. The predicted molar refractivity (Wildman–Crippen MR) is 41.8 cm³/mol. The molecule has 0 fully saturated rings. The molecule has 0 aliphatic heterocycles. The first kappa shape index (κ1) is 9.48. The van der Waals surface area contributed by atoms with Gasteiger partial charge in [-0.05, 0) is 18.2 Å². The van der Waals surface area contributed by atoms with Crippen LogP contribution in [0.1, 0.15) is 5.56 Å². The molecule has 0 aliphatic rings. The monoisotopic (exact) mass is 201 g/mol. The Bertz CT molecular complexity index is 449. The average Bonchev–Trinajstić information content (AvgIpc) is 2.01. The molecule has 0 amide bonds. The SMILES string of the molecule is N#Cc1cccc(OS(=O)(=O)F)c1. The maximum absolute atomic E-state index is 12.0. The topological polar surface area (TPSA) is 67.2 Å². The van der Waals surface area contributed by atoms with Crippen molar-refractivity contribution in [2.45, 2.75) is 0 Å². The van der Waals surface area contributed by atoms with Gasteiger partial charge in [-0.1, -0.05) is 9.95 Å². The van der Waals surface area contributed by atoms with Crippen LogP contribution in [0.4, 0.5) is 3.89 Å². The molecule has 0 aliphatic carbocycles. The molecular formula is C7H4FNO3S. The lowest BCUT2D eigenvalue weighted by Gasteiger charge is -1.98. The van der Waals surface area contributed by atoms with Crippen molar-refractivity contribution in [3.8, 4) is 11.8 Å². The van der Waals surface area contributed by atoms with Crippen molar-refractivity contribution in [2.75, 3.05) is 0 Å². The minimum atomic E-state index is -5.01. The Morgan fingerprint density at radius 3 is 2.69 bits per heavy atom. The standard InChI is InChI=1S/C7H4FNO3S/c8-13(10,11)12-7-3-1-2-6(4-7)5-9/h1-4H. The molecule has 1 rings (SSSR count). The number of benzene rings is 1. The van der Waals surface area contributed by atoms with Crippen LogP contribution in [0.5, 0.6) is 5.75 Å². The second kappa shape index (κ2) is 3.41. The molecule has 0 saturated heterocycles. The number of nitriles is 1. The van der Waals surface area contributed by atoms with Crippen molar-refractivity contribution < 1.29 is 16.5 Å². The van der Waals surface area contributed by atoms with Gasteiger partial charge in [-0.25, -0.2) is 0 Å². The molecule has 0 heterocycles. The van der Waals surface area contributed by atoms with Gasteiger partial charge in [0.15, 0.2) is 0 Å². The molecule has 0 atom stereocenters. The Balaban J connectivity index is 2.99. The summed E-state index contributed by atoms with van der Waals surface area (Å²) < 4.78 is 35.9. The summed E-state index contributed by atoms with van der Waals surface area (Å²) in [5.74, 6) is -0.221. The molecule has 6 heteroatoms. The molecule has 13 heavy (non-hydrogen) atoms. The van der Waals surface area contributed by atoms with E-state index in [1.165, 1.54) is 18.2 Å². The summed E-state index contributed by atoms with van der Waals surface area (Å²) in [6, 6.07) is 6.94. The van der Waals surface area contributed by atoms with Crippen molar-refractivity contribution in [2.24, 2.45) is 0 Å².